The van der Waals surface area contributed by atoms with Crippen molar-refractivity contribution in [1.82, 2.24) is 4.90 Å². The fourth-order valence-electron chi connectivity index (χ4n) is 1.82. The molecule has 1 fully saturated rings. The largest absolute Gasteiger partial charge is 0.481 e. The van der Waals surface area contributed by atoms with Gasteiger partial charge in [0.15, 0.2) is 0 Å². The van der Waals surface area contributed by atoms with Gasteiger partial charge in [-0.15, -0.1) is 0 Å². The fraction of sp³-hybridized carbons (Fsp3) is 0.818. The molecule has 16 heavy (non-hydrogen) atoms. The zero-order chi connectivity index (χ0) is 12.1. The standard InChI is InChI=1S/C11H19NO4/c1-8(2)5-10(13)12-3-4-16-7-9(12)6-11(14)15/h8-9H,3-7H2,1-2H3,(H,14,15). The number of morpholine rings is 1. The van der Waals surface area contributed by atoms with Crippen LogP contribution in [0.15, 0.2) is 0 Å². The number of ether oxygens (including phenoxy) is 1. The van der Waals surface area contributed by atoms with Crippen LogP contribution in [-0.4, -0.2) is 47.7 Å². The Morgan fingerprint density at radius 1 is 1.50 bits per heavy atom. The van der Waals surface area contributed by atoms with Gasteiger partial charge in [0, 0.05) is 13.0 Å². The van der Waals surface area contributed by atoms with Crippen LogP contribution in [0, 0.1) is 5.92 Å². The summed E-state index contributed by atoms with van der Waals surface area (Å²) in [6, 6.07) is -0.308. The SMILES string of the molecule is CC(C)CC(=O)N1CCOCC1CC(=O)O. The van der Waals surface area contributed by atoms with Gasteiger partial charge in [-0.25, -0.2) is 0 Å². The molecular formula is C11H19NO4. The Hall–Kier alpha value is -1.10. The lowest BCUT2D eigenvalue weighted by Gasteiger charge is -2.35. The highest BCUT2D eigenvalue weighted by molar-refractivity contribution is 5.78. The van der Waals surface area contributed by atoms with E-state index in [1.54, 1.807) is 4.90 Å². The Balaban J connectivity index is 2.58. The maximum absolute atomic E-state index is 11.9. The van der Waals surface area contributed by atoms with Crippen LogP contribution in [0.1, 0.15) is 26.7 Å². The summed E-state index contributed by atoms with van der Waals surface area (Å²) in [5, 5.41) is 8.75. The van der Waals surface area contributed by atoms with E-state index >= 15 is 0 Å². The van der Waals surface area contributed by atoms with Gasteiger partial charge in [0.2, 0.25) is 5.91 Å². The molecule has 1 amide bonds. The minimum atomic E-state index is -0.891. The van der Waals surface area contributed by atoms with Gasteiger partial charge in [-0.1, -0.05) is 13.8 Å². The van der Waals surface area contributed by atoms with Crippen LogP contribution in [0.5, 0.6) is 0 Å². The lowest BCUT2D eigenvalue weighted by Crippen LogP contribution is -2.49. The molecule has 0 aromatic rings. The third-order valence-corrected chi connectivity index (χ3v) is 2.54. The lowest BCUT2D eigenvalue weighted by molar-refractivity contribution is -0.146. The molecule has 0 radical (unpaired) electrons. The second-order valence-electron chi connectivity index (χ2n) is 4.51. The molecular weight excluding hydrogens is 210 g/mol. The number of hydrogen-bond donors (Lipinski definition) is 1. The number of aliphatic carboxylic acids is 1. The highest BCUT2D eigenvalue weighted by atomic mass is 16.5. The maximum Gasteiger partial charge on any atom is 0.305 e. The molecule has 1 unspecified atom stereocenters. The van der Waals surface area contributed by atoms with E-state index in [1.807, 2.05) is 13.8 Å². The number of carboxylic acids is 1. The summed E-state index contributed by atoms with van der Waals surface area (Å²) in [5.41, 5.74) is 0. The van der Waals surface area contributed by atoms with Crippen molar-refractivity contribution in [2.45, 2.75) is 32.7 Å². The van der Waals surface area contributed by atoms with Crippen LogP contribution in [0.25, 0.3) is 0 Å². The number of carbonyl (C=O) groups is 2. The first kappa shape index (κ1) is 13.0. The van der Waals surface area contributed by atoms with E-state index in [9.17, 15) is 9.59 Å². The predicted octanol–water partition coefficient (Wildman–Crippen LogP) is 0.735. The number of hydrogen-bond acceptors (Lipinski definition) is 3. The van der Waals surface area contributed by atoms with Gasteiger partial charge in [-0.3, -0.25) is 9.59 Å². The van der Waals surface area contributed by atoms with Gasteiger partial charge >= 0.3 is 5.97 Å². The molecule has 1 aliphatic heterocycles. The fourth-order valence-corrected chi connectivity index (χ4v) is 1.82. The number of carboxylic acid groups (broad SMARTS) is 1. The van der Waals surface area contributed by atoms with Crippen molar-refractivity contribution in [3.05, 3.63) is 0 Å². The molecule has 1 heterocycles. The third-order valence-electron chi connectivity index (χ3n) is 2.54. The highest BCUT2D eigenvalue weighted by Crippen LogP contribution is 2.14. The second-order valence-corrected chi connectivity index (χ2v) is 4.51. The Morgan fingerprint density at radius 2 is 2.19 bits per heavy atom. The first-order valence-corrected chi connectivity index (χ1v) is 5.59. The number of rotatable bonds is 4. The van der Waals surface area contributed by atoms with E-state index in [0.717, 1.165) is 0 Å². The van der Waals surface area contributed by atoms with E-state index in [4.69, 9.17) is 9.84 Å². The van der Waals surface area contributed by atoms with Gasteiger partial charge in [-0.2, -0.15) is 0 Å². The predicted molar refractivity (Wildman–Crippen MR) is 58.0 cm³/mol. The van der Waals surface area contributed by atoms with E-state index < -0.39 is 5.97 Å². The molecule has 5 nitrogen and oxygen atoms in total. The summed E-state index contributed by atoms with van der Waals surface area (Å²) >= 11 is 0. The lowest BCUT2D eigenvalue weighted by atomic mass is 10.1. The Kier molecular flexibility index (Phi) is 4.73. The molecule has 0 saturated carbocycles. The van der Waals surface area contributed by atoms with Gasteiger partial charge in [0.25, 0.3) is 0 Å². The molecule has 1 aliphatic rings. The Labute approximate surface area is 95.4 Å². The molecule has 1 rings (SSSR count). The molecule has 1 N–H and O–H groups in total. The van der Waals surface area contributed by atoms with Gasteiger partial charge in [-0.05, 0) is 5.92 Å². The first-order chi connectivity index (χ1) is 7.50. The van der Waals surface area contributed by atoms with Gasteiger partial charge in [0.1, 0.15) is 0 Å². The molecule has 1 atom stereocenters. The normalized spacial score (nSPS) is 21.2. The average molecular weight is 229 g/mol. The smallest absolute Gasteiger partial charge is 0.305 e. The van der Waals surface area contributed by atoms with Crippen LogP contribution in [0.3, 0.4) is 0 Å². The summed E-state index contributed by atoms with van der Waals surface area (Å²) in [6.07, 6.45) is 0.431. The van der Waals surface area contributed by atoms with Crippen LogP contribution < -0.4 is 0 Å². The number of carbonyl (C=O) groups excluding carboxylic acids is 1. The molecule has 92 valence electrons. The minimum Gasteiger partial charge on any atom is -0.481 e. The van der Waals surface area contributed by atoms with E-state index in [-0.39, 0.29) is 18.4 Å². The maximum atomic E-state index is 11.9. The molecule has 1 saturated heterocycles. The molecule has 0 aliphatic carbocycles. The summed E-state index contributed by atoms with van der Waals surface area (Å²) in [7, 11) is 0. The molecule has 0 aromatic heterocycles. The van der Waals surface area contributed by atoms with Crippen LogP contribution >= 0.6 is 0 Å². The highest BCUT2D eigenvalue weighted by Gasteiger charge is 2.28. The number of nitrogens with zero attached hydrogens (tertiary/aromatic N) is 1. The van der Waals surface area contributed by atoms with Crippen molar-refractivity contribution in [2.75, 3.05) is 19.8 Å². The summed E-state index contributed by atoms with van der Waals surface area (Å²) in [6.45, 7) is 5.29. The number of amides is 1. The minimum absolute atomic E-state index is 0.0320. The monoisotopic (exact) mass is 229 g/mol. The third kappa shape index (κ3) is 3.81. The Bertz CT molecular complexity index is 265. The topological polar surface area (TPSA) is 66.8 Å². The summed E-state index contributed by atoms with van der Waals surface area (Å²) < 4.78 is 5.21. The quantitative estimate of drug-likeness (QED) is 0.772. The van der Waals surface area contributed by atoms with Gasteiger partial charge < -0.3 is 14.7 Å². The van der Waals surface area contributed by atoms with Crippen LogP contribution in [-0.2, 0) is 14.3 Å². The summed E-state index contributed by atoms with van der Waals surface area (Å²) in [5.74, 6) is -0.566. The Morgan fingerprint density at radius 3 is 2.75 bits per heavy atom. The van der Waals surface area contributed by atoms with Crippen molar-refractivity contribution in [1.29, 1.82) is 0 Å². The molecule has 0 bridgehead atoms. The van der Waals surface area contributed by atoms with Crippen molar-refractivity contribution >= 4 is 11.9 Å². The molecule has 0 aromatic carbocycles. The zero-order valence-corrected chi connectivity index (χ0v) is 9.81. The van der Waals surface area contributed by atoms with Crippen molar-refractivity contribution in [3.8, 4) is 0 Å². The van der Waals surface area contributed by atoms with E-state index in [0.29, 0.717) is 32.1 Å². The van der Waals surface area contributed by atoms with Crippen molar-refractivity contribution in [2.24, 2.45) is 5.92 Å². The second kappa shape index (κ2) is 5.84. The average Bonchev–Trinajstić information content (AvgIpc) is 2.16. The summed E-state index contributed by atoms with van der Waals surface area (Å²) in [4.78, 5) is 24.2. The van der Waals surface area contributed by atoms with Crippen LogP contribution in [0.2, 0.25) is 0 Å². The van der Waals surface area contributed by atoms with Crippen molar-refractivity contribution in [3.63, 3.8) is 0 Å². The van der Waals surface area contributed by atoms with Crippen molar-refractivity contribution < 1.29 is 19.4 Å². The molecule has 5 heteroatoms. The molecule has 0 spiro atoms. The first-order valence-electron chi connectivity index (χ1n) is 5.59. The van der Waals surface area contributed by atoms with Crippen LogP contribution in [0.4, 0.5) is 0 Å². The zero-order valence-electron chi connectivity index (χ0n) is 9.81. The van der Waals surface area contributed by atoms with Gasteiger partial charge in [0.05, 0.1) is 25.7 Å². The van der Waals surface area contributed by atoms with E-state index in [2.05, 4.69) is 0 Å². The van der Waals surface area contributed by atoms with E-state index in [1.165, 1.54) is 0 Å².